The van der Waals surface area contributed by atoms with Crippen LogP contribution in [0.1, 0.15) is 13.3 Å². The Kier molecular flexibility index (Phi) is 4.09. The fraction of sp³-hybridized carbons (Fsp3) is 0.333. The van der Waals surface area contributed by atoms with Crippen molar-refractivity contribution < 1.29 is 9.66 Å². The van der Waals surface area contributed by atoms with Crippen LogP contribution in [0, 0.1) is 0 Å². The molecule has 0 bridgehead atoms. The Morgan fingerprint density at radius 3 is 2.69 bits per heavy atom. The zero-order chi connectivity index (χ0) is 9.84. The normalized spacial score (nSPS) is 12.8. The molecule has 0 spiro atoms. The number of hydrogen-bond donors (Lipinski definition) is 1. The van der Waals surface area contributed by atoms with E-state index in [2.05, 4.69) is 15.9 Å². The van der Waals surface area contributed by atoms with Crippen LogP contribution in [0.2, 0.25) is 0 Å². The second-order valence-corrected chi connectivity index (χ2v) is 5.18. The molecule has 0 heterocycles. The molecule has 0 aliphatic carbocycles. The largest absolute Gasteiger partial charge is 0.611 e. The summed E-state index contributed by atoms with van der Waals surface area (Å²) in [7, 11) is 0. The van der Waals surface area contributed by atoms with E-state index in [1.54, 1.807) is 12.1 Å². The van der Waals surface area contributed by atoms with E-state index < -0.39 is 11.2 Å². The molecule has 13 heavy (non-hydrogen) atoms. The van der Waals surface area contributed by atoms with Crippen molar-refractivity contribution in [2.24, 2.45) is 0 Å². The molecule has 1 unspecified atom stereocenters. The van der Waals surface area contributed by atoms with Gasteiger partial charge in [0.15, 0.2) is 4.90 Å². The van der Waals surface area contributed by atoms with Crippen molar-refractivity contribution >= 4 is 27.1 Å². The molecular weight excluding hydrogens is 252 g/mol. The summed E-state index contributed by atoms with van der Waals surface area (Å²) in [5.74, 6) is 0.782. The molecule has 1 aromatic carbocycles. The van der Waals surface area contributed by atoms with E-state index in [-0.39, 0.29) is 5.75 Å². The van der Waals surface area contributed by atoms with Gasteiger partial charge >= 0.3 is 0 Å². The lowest BCUT2D eigenvalue weighted by Crippen LogP contribution is -2.05. The fourth-order valence-corrected chi connectivity index (χ4v) is 2.73. The van der Waals surface area contributed by atoms with Crippen LogP contribution in [0.4, 0.5) is 0 Å². The molecule has 0 aliphatic rings. The van der Waals surface area contributed by atoms with E-state index >= 15 is 0 Å². The number of aromatic hydroxyl groups is 1. The van der Waals surface area contributed by atoms with Crippen LogP contribution in [-0.4, -0.2) is 15.4 Å². The van der Waals surface area contributed by atoms with Crippen molar-refractivity contribution in [2.45, 2.75) is 18.2 Å². The van der Waals surface area contributed by atoms with Crippen molar-refractivity contribution in [1.29, 1.82) is 0 Å². The maximum Gasteiger partial charge on any atom is 0.157 e. The number of hydrogen-bond acceptors (Lipinski definition) is 2. The van der Waals surface area contributed by atoms with Crippen LogP contribution in [0.25, 0.3) is 0 Å². The maximum atomic E-state index is 11.5. The minimum absolute atomic E-state index is 0.147. The van der Waals surface area contributed by atoms with Gasteiger partial charge in [-0.25, -0.2) is 0 Å². The summed E-state index contributed by atoms with van der Waals surface area (Å²) in [6.45, 7) is 1.98. The molecule has 1 atom stereocenters. The van der Waals surface area contributed by atoms with E-state index in [1.165, 1.54) is 6.07 Å². The molecule has 0 fully saturated rings. The van der Waals surface area contributed by atoms with Gasteiger partial charge in [-0.05, 0) is 23.7 Å². The van der Waals surface area contributed by atoms with Crippen LogP contribution >= 0.6 is 15.9 Å². The third-order valence-corrected chi connectivity index (χ3v) is 3.51. The highest BCUT2D eigenvalue weighted by atomic mass is 79.9. The van der Waals surface area contributed by atoms with Gasteiger partial charge in [0, 0.05) is 16.6 Å². The first-order valence-electron chi connectivity index (χ1n) is 4.01. The molecule has 4 heteroatoms. The van der Waals surface area contributed by atoms with E-state index in [0.29, 0.717) is 10.6 Å². The van der Waals surface area contributed by atoms with Gasteiger partial charge in [-0.3, -0.25) is 0 Å². The minimum Gasteiger partial charge on any atom is -0.611 e. The molecule has 0 aliphatic heterocycles. The predicted octanol–water partition coefficient (Wildman–Crippen LogP) is 2.67. The average molecular weight is 263 g/mol. The summed E-state index contributed by atoms with van der Waals surface area (Å²) in [6, 6.07) is 4.88. The van der Waals surface area contributed by atoms with Gasteiger partial charge in [0.1, 0.15) is 11.5 Å². The first-order valence-corrected chi connectivity index (χ1v) is 6.12. The molecule has 72 valence electrons. The van der Waals surface area contributed by atoms with Crippen molar-refractivity contribution in [3.05, 3.63) is 22.7 Å². The van der Waals surface area contributed by atoms with Crippen LogP contribution in [0.5, 0.6) is 5.75 Å². The van der Waals surface area contributed by atoms with Gasteiger partial charge in [-0.15, -0.1) is 0 Å². The van der Waals surface area contributed by atoms with Crippen molar-refractivity contribution in [3.8, 4) is 5.75 Å². The molecule has 1 aromatic rings. The van der Waals surface area contributed by atoms with Gasteiger partial charge in [0.2, 0.25) is 0 Å². The summed E-state index contributed by atoms with van der Waals surface area (Å²) < 4.78 is 12.3. The summed E-state index contributed by atoms with van der Waals surface area (Å²) in [5.41, 5.74) is 0. The number of phenols is 1. The molecule has 1 N–H and O–H groups in total. The van der Waals surface area contributed by atoms with Crippen LogP contribution in [0.15, 0.2) is 27.6 Å². The summed E-state index contributed by atoms with van der Waals surface area (Å²) >= 11 is 2.24. The molecule has 2 nitrogen and oxygen atoms in total. The standard InChI is InChI=1S/C9H11BrO2S/c1-2-3-13(12)9-5-7(10)4-8(11)6-9/h4-6,11H,2-3H2,1H3. The predicted molar refractivity (Wildman–Crippen MR) is 57.4 cm³/mol. The summed E-state index contributed by atoms with van der Waals surface area (Å²) in [6.07, 6.45) is 0.875. The van der Waals surface area contributed by atoms with Gasteiger partial charge in [0.05, 0.1) is 0 Å². The second kappa shape index (κ2) is 4.88. The lowest BCUT2D eigenvalue weighted by molar-refractivity contribution is 0.472. The van der Waals surface area contributed by atoms with Crippen LogP contribution < -0.4 is 0 Å². The van der Waals surface area contributed by atoms with E-state index in [4.69, 9.17) is 0 Å². The van der Waals surface area contributed by atoms with E-state index in [1.807, 2.05) is 6.92 Å². The molecule has 0 saturated carbocycles. The Bertz CT molecular complexity index is 271. The second-order valence-electron chi connectivity index (χ2n) is 2.69. The van der Waals surface area contributed by atoms with Crippen molar-refractivity contribution in [2.75, 3.05) is 5.75 Å². The van der Waals surface area contributed by atoms with Crippen LogP contribution in [-0.2, 0) is 11.2 Å². The Morgan fingerprint density at radius 1 is 1.46 bits per heavy atom. The number of halogens is 1. The zero-order valence-electron chi connectivity index (χ0n) is 7.29. The fourth-order valence-electron chi connectivity index (χ4n) is 0.983. The highest BCUT2D eigenvalue weighted by molar-refractivity contribution is 9.10. The SMILES string of the molecule is CCC[S+]([O-])c1cc(O)cc(Br)c1. The smallest absolute Gasteiger partial charge is 0.157 e. The van der Waals surface area contributed by atoms with E-state index in [0.717, 1.165) is 10.9 Å². The molecule has 0 radical (unpaired) electrons. The van der Waals surface area contributed by atoms with Gasteiger partial charge in [0.25, 0.3) is 0 Å². The third kappa shape index (κ3) is 3.21. The minimum atomic E-state index is -0.994. The van der Waals surface area contributed by atoms with Crippen molar-refractivity contribution in [3.63, 3.8) is 0 Å². The Hall–Kier alpha value is -0.190. The third-order valence-electron chi connectivity index (χ3n) is 1.51. The summed E-state index contributed by atoms with van der Waals surface area (Å²) in [5, 5.41) is 9.25. The first-order chi connectivity index (χ1) is 6.13. The highest BCUT2D eigenvalue weighted by Crippen LogP contribution is 2.24. The summed E-state index contributed by atoms with van der Waals surface area (Å²) in [4.78, 5) is 0.675. The topological polar surface area (TPSA) is 43.3 Å². The molecule has 0 saturated heterocycles. The lowest BCUT2D eigenvalue weighted by atomic mass is 10.3. The van der Waals surface area contributed by atoms with Crippen molar-refractivity contribution in [1.82, 2.24) is 0 Å². The number of phenolic OH excluding ortho intramolecular Hbond substituents is 1. The number of benzene rings is 1. The molecule has 0 amide bonds. The maximum absolute atomic E-state index is 11.5. The van der Waals surface area contributed by atoms with Crippen LogP contribution in [0.3, 0.4) is 0 Å². The van der Waals surface area contributed by atoms with E-state index in [9.17, 15) is 9.66 Å². The highest BCUT2D eigenvalue weighted by Gasteiger charge is 2.11. The lowest BCUT2D eigenvalue weighted by Gasteiger charge is -2.09. The molecule has 0 aromatic heterocycles. The monoisotopic (exact) mass is 262 g/mol. The molecular formula is C9H11BrO2S. The van der Waals surface area contributed by atoms with Gasteiger partial charge in [-0.2, -0.15) is 0 Å². The Balaban J connectivity index is 2.87. The zero-order valence-corrected chi connectivity index (χ0v) is 9.69. The Morgan fingerprint density at radius 2 is 2.15 bits per heavy atom. The first kappa shape index (κ1) is 10.9. The molecule has 1 rings (SSSR count). The Labute approximate surface area is 89.3 Å². The average Bonchev–Trinajstić information content (AvgIpc) is 2.03. The number of rotatable bonds is 3. The van der Waals surface area contributed by atoms with Gasteiger partial charge < -0.3 is 9.66 Å². The van der Waals surface area contributed by atoms with Gasteiger partial charge in [-0.1, -0.05) is 22.9 Å². The quantitative estimate of drug-likeness (QED) is 0.852.